The topological polar surface area (TPSA) is 49.4 Å². The molecule has 0 fully saturated rings. The van der Waals surface area contributed by atoms with Gasteiger partial charge in [-0.25, -0.2) is 0 Å². The molecule has 4 nitrogen and oxygen atoms in total. The van der Waals surface area contributed by atoms with Crippen LogP contribution >= 0.6 is 11.9 Å². The van der Waals surface area contributed by atoms with Crippen LogP contribution < -0.4 is 5.32 Å². The molecule has 2 amide bonds. The highest BCUT2D eigenvalue weighted by molar-refractivity contribution is 7.97. The maximum absolute atomic E-state index is 12.8. The van der Waals surface area contributed by atoms with E-state index in [-0.39, 0.29) is 5.69 Å². The molecule has 0 saturated carbocycles. The van der Waals surface area contributed by atoms with Crippen LogP contribution in [0, 0.1) is 0 Å². The number of carbonyl (C=O) groups is 2. The summed E-state index contributed by atoms with van der Waals surface area (Å²) in [5, 5.41) is 2.42. The molecule has 0 aromatic heterocycles. The number of nitrogens with one attached hydrogen (secondary N) is 1. The Morgan fingerprint density at radius 2 is 1.88 bits per heavy atom. The standard InChI is InChI=1S/C17H13F3N2O2S/c1-22-16(24)14(12-7-2-3-8-13(12)25-22)15(23)21-11-6-4-5-10(9-11)17(18,19)20/h2-9,14H,1H3,(H,21,23). The molecule has 1 aliphatic heterocycles. The van der Waals surface area contributed by atoms with Crippen LogP contribution in [0.4, 0.5) is 18.9 Å². The van der Waals surface area contributed by atoms with Crippen LogP contribution in [0.1, 0.15) is 17.0 Å². The molecule has 8 heteroatoms. The van der Waals surface area contributed by atoms with Crippen LogP contribution in [-0.4, -0.2) is 23.2 Å². The van der Waals surface area contributed by atoms with Gasteiger partial charge in [0.2, 0.25) is 11.8 Å². The lowest BCUT2D eigenvalue weighted by molar-refractivity contribution is -0.138. The van der Waals surface area contributed by atoms with E-state index >= 15 is 0 Å². The SMILES string of the molecule is CN1Sc2ccccc2C(C(=O)Nc2cccc(C(F)(F)F)c2)C1=O. The number of benzene rings is 2. The van der Waals surface area contributed by atoms with E-state index in [1.807, 2.05) is 0 Å². The lowest BCUT2D eigenvalue weighted by atomic mass is 9.96. The Hall–Kier alpha value is -2.48. The number of amides is 2. The Bertz CT molecular complexity index is 839. The van der Waals surface area contributed by atoms with Crippen molar-refractivity contribution in [1.29, 1.82) is 0 Å². The number of hydrogen-bond acceptors (Lipinski definition) is 3. The minimum Gasteiger partial charge on any atom is -0.325 e. The van der Waals surface area contributed by atoms with Crippen molar-refractivity contribution in [1.82, 2.24) is 4.31 Å². The summed E-state index contributed by atoms with van der Waals surface area (Å²) in [6.45, 7) is 0. The molecule has 3 rings (SSSR count). The van der Waals surface area contributed by atoms with E-state index in [4.69, 9.17) is 0 Å². The molecule has 2 aromatic carbocycles. The predicted octanol–water partition coefficient (Wildman–Crippen LogP) is 3.91. The highest BCUT2D eigenvalue weighted by Crippen LogP contribution is 2.38. The van der Waals surface area contributed by atoms with Crippen molar-refractivity contribution in [2.75, 3.05) is 12.4 Å². The van der Waals surface area contributed by atoms with Gasteiger partial charge in [0.15, 0.2) is 0 Å². The molecular weight excluding hydrogens is 353 g/mol. The third kappa shape index (κ3) is 3.48. The monoisotopic (exact) mass is 366 g/mol. The molecule has 0 aliphatic carbocycles. The molecule has 1 heterocycles. The highest BCUT2D eigenvalue weighted by Gasteiger charge is 2.37. The smallest absolute Gasteiger partial charge is 0.325 e. The van der Waals surface area contributed by atoms with Gasteiger partial charge in [-0.15, -0.1) is 0 Å². The number of anilines is 1. The summed E-state index contributed by atoms with van der Waals surface area (Å²) < 4.78 is 39.7. The van der Waals surface area contributed by atoms with Gasteiger partial charge >= 0.3 is 6.18 Å². The molecule has 0 spiro atoms. The largest absolute Gasteiger partial charge is 0.416 e. The van der Waals surface area contributed by atoms with Crippen molar-refractivity contribution in [3.05, 3.63) is 59.7 Å². The molecule has 1 N–H and O–H groups in total. The first-order valence-electron chi connectivity index (χ1n) is 7.30. The second-order valence-electron chi connectivity index (χ2n) is 5.47. The van der Waals surface area contributed by atoms with Crippen LogP contribution in [0.2, 0.25) is 0 Å². The van der Waals surface area contributed by atoms with Gasteiger partial charge in [0.25, 0.3) is 0 Å². The average molecular weight is 366 g/mol. The fourth-order valence-electron chi connectivity index (χ4n) is 2.55. The van der Waals surface area contributed by atoms with E-state index in [1.54, 1.807) is 31.3 Å². The molecule has 1 unspecified atom stereocenters. The van der Waals surface area contributed by atoms with Gasteiger partial charge < -0.3 is 5.32 Å². The molecule has 0 radical (unpaired) electrons. The summed E-state index contributed by atoms with van der Waals surface area (Å²) in [5.74, 6) is -2.19. The van der Waals surface area contributed by atoms with E-state index in [9.17, 15) is 22.8 Å². The van der Waals surface area contributed by atoms with E-state index in [1.165, 1.54) is 28.4 Å². The van der Waals surface area contributed by atoms with Crippen LogP contribution in [0.15, 0.2) is 53.4 Å². The second kappa shape index (κ2) is 6.44. The summed E-state index contributed by atoms with van der Waals surface area (Å²) >= 11 is 1.21. The Balaban J connectivity index is 1.90. The lowest BCUT2D eigenvalue weighted by Crippen LogP contribution is -2.37. The minimum atomic E-state index is -4.51. The van der Waals surface area contributed by atoms with Crippen molar-refractivity contribution in [2.45, 2.75) is 17.0 Å². The number of halogens is 3. The van der Waals surface area contributed by atoms with Crippen molar-refractivity contribution in [3.8, 4) is 0 Å². The zero-order valence-corrected chi connectivity index (χ0v) is 13.8. The number of rotatable bonds is 2. The van der Waals surface area contributed by atoms with Crippen LogP contribution in [0.5, 0.6) is 0 Å². The number of nitrogens with zero attached hydrogens (tertiary/aromatic N) is 1. The summed E-state index contributed by atoms with van der Waals surface area (Å²) in [6, 6.07) is 11.3. The van der Waals surface area contributed by atoms with Gasteiger partial charge in [-0.2, -0.15) is 13.2 Å². The van der Waals surface area contributed by atoms with E-state index in [0.29, 0.717) is 5.56 Å². The van der Waals surface area contributed by atoms with Crippen molar-refractivity contribution >= 4 is 29.4 Å². The van der Waals surface area contributed by atoms with E-state index < -0.39 is 29.5 Å². The van der Waals surface area contributed by atoms with E-state index in [2.05, 4.69) is 5.32 Å². The molecule has 0 bridgehead atoms. The number of hydrogen-bond donors (Lipinski definition) is 1. The maximum Gasteiger partial charge on any atom is 0.416 e. The Labute approximate surface area is 146 Å². The average Bonchev–Trinajstić information content (AvgIpc) is 2.55. The zero-order valence-electron chi connectivity index (χ0n) is 13.0. The zero-order chi connectivity index (χ0) is 18.2. The van der Waals surface area contributed by atoms with Crippen LogP contribution in [-0.2, 0) is 15.8 Å². The van der Waals surface area contributed by atoms with Crippen molar-refractivity contribution in [3.63, 3.8) is 0 Å². The van der Waals surface area contributed by atoms with Crippen LogP contribution in [0.3, 0.4) is 0 Å². The normalized spacial score (nSPS) is 17.2. The fraction of sp³-hybridized carbons (Fsp3) is 0.176. The molecule has 25 heavy (non-hydrogen) atoms. The molecule has 0 saturated heterocycles. The first-order chi connectivity index (χ1) is 11.8. The minimum absolute atomic E-state index is 0.00835. The Morgan fingerprint density at radius 1 is 1.16 bits per heavy atom. The lowest BCUT2D eigenvalue weighted by Gasteiger charge is -2.29. The third-order valence-electron chi connectivity index (χ3n) is 3.74. The second-order valence-corrected chi connectivity index (χ2v) is 6.64. The summed E-state index contributed by atoms with van der Waals surface area (Å²) in [5.41, 5.74) is -0.334. The summed E-state index contributed by atoms with van der Waals surface area (Å²) in [6.07, 6.45) is -4.51. The van der Waals surface area contributed by atoms with Gasteiger partial charge in [0.1, 0.15) is 5.92 Å². The van der Waals surface area contributed by atoms with Crippen molar-refractivity contribution < 1.29 is 22.8 Å². The molecular formula is C17H13F3N2O2S. The molecule has 2 aromatic rings. The van der Waals surface area contributed by atoms with Gasteiger partial charge in [-0.05, 0) is 41.8 Å². The van der Waals surface area contributed by atoms with Crippen LogP contribution in [0.25, 0.3) is 0 Å². The quantitative estimate of drug-likeness (QED) is 0.648. The Morgan fingerprint density at radius 3 is 2.60 bits per heavy atom. The van der Waals surface area contributed by atoms with Gasteiger partial charge in [-0.1, -0.05) is 24.3 Å². The summed E-state index contributed by atoms with van der Waals surface area (Å²) in [7, 11) is 1.55. The van der Waals surface area contributed by atoms with Crippen molar-refractivity contribution in [2.24, 2.45) is 0 Å². The highest BCUT2D eigenvalue weighted by atomic mass is 32.2. The fourth-order valence-corrected chi connectivity index (χ4v) is 3.47. The molecule has 1 aliphatic rings. The first-order valence-corrected chi connectivity index (χ1v) is 8.07. The number of alkyl halides is 3. The van der Waals surface area contributed by atoms with Gasteiger partial charge in [0, 0.05) is 17.6 Å². The molecule has 130 valence electrons. The number of fused-ring (bicyclic) bond motifs is 1. The van der Waals surface area contributed by atoms with Gasteiger partial charge in [0.05, 0.1) is 5.56 Å². The van der Waals surface area contributed by atoms with Gasteiger partial charge in [-0.3, -0.25) is 13.9 Å². The number of likely N-dealkylation sites (N-methyl/N-ethyl adjacent to an activating group) is 1. The Kier molecular flexibility index (Phi) is 4.47. The van der Waals surface area contributed by atoms with E-state index in [0.717, 1.165) is 17.0 Å². The summed E-state index contributed by atoms with van der Waals surface area (Å²) in [4.78, 5) is 25.8. The molecule has 1 atom stereocenters. The number of carbonyl (C=O) groups excluding carboxylic acids is 2. The third-order valence-corrected chi connectivity index (χ3v) is 4.76. The first kappa shape index (κ1) is 17.3. The predicted molar refractivity (Wildman–Crippen MR) is 87.9 cm³/mol. The maximum atomic E-state index is 12.8.